The highest BCUT2D eigenvalue weighted by Gasteiger charge is 2.15. The molecule has 1 unspecified atom stereocenters. The van der Waals surface area contributed by atoms with Crippen LogP contribution in [0.3, 0.4) is 0 Å². The first-order chi connectivity index (χ1) is 10.4. The molecule has 0 aliphatic carbocycles. The van der Waals surface area contributed by atoms with E-state index in [-0.39, 0.29) is 6.29 Å². The summed E-state index contributed by atoms with van der Waals surface area (Å²) in [5, 5.41) is 9.20. The van der Waals surface area contributed by atoms with E-state index in [0.717, 1.165) is 37.0 Å². The lowest BCUT2D eigenvalue weighted by molar-refractivity contribution is -0.168. The van der Waals surface area contributed by atoms with Crippen LogP contribution in [-0.2, 0) is 16.1 Å². The Morgan fingerprint density at radius 3 is 2.95 bits per heavy atom. The normalized spacial score (nSPS) is 18.3. The number of nitriles is 1. The third-order valence-electron chi connectivity index (χ3n) is 3.56. The van der Waals surface area contributed by atoms with E-state index in [4.69, 9.17) is 13.9 Å². The first-order valence-corrected chi connectivity index (χ1v) is 7.17. The van der Waals surface area contributed by atoms with E-state index < -0.39 is 0 Å². The van der Waals surface area contributed by atoms with Crippen molar-refractivity contribution >= 4 is 0 Å². The minimum Gasteiger partial charge on any atom is -0.464 e. The number of rotatable bonds is 4. The van der Waals surface area contributed by atoms with Gasteiger partial charge in [0.05, 0.1) is 24.5 Å². The SMILES string of the molecule is N#Cc1ccc(COC2CCCCO2)cc1-c1ccco1. The van der Waals surface area contributed by atoms with Crippen molar-refractivity contribution < 1.29 is 13.9 Å². The molecule has 3 rings (SSSR count). The first-order valence-electron chi connectivity index (χ1n) is 7.17. The quantitative estimate of drug-likeness (QED) is 0.855. The zero-order valence-corrected chi connectivity index (χ0v) is 11.7. The Morgan fingerprint density at radius 1 is 1.29 bits per heavy atom. The lowest BCUT2D eigenvalue weighted by atomic mass is 10.0. The fourth-order valence-electron chi connectivity index (χ4n) is 2.45. The number of hydrogen-bond acceptors (Lipinski definition) is 4. The number of benzene rings is 1. The maximum atomic E-state index is 9.20. The summed E-state index contributed by atoms with van der Waals surface area (Å²) in [6.45, 7) is 1.25. The molecule has 0 N–H and O–H groups in total. The standard InChI is InChI=1S/C17H17NO3/c18-11-14-7-6-13(10-15(14)16-4-3-9-19-16)12-21-17-5-1-2-8-20-17/h3-4,6-7,9-10,17H,1-2,5,8,12H2. The molecule has 4 heteroatoms. The van der Waals surface area contributed by atoms with Gasteiger partial charge in [0.15, 0.2) is 6.29 Å². The third kappa shape index (κ3) is 3.33. The lowest BCUT2D eigenvalue weighted by Gasteiger charge is -2.22. The van der Waals surface area contributed by atoms with Gasteiger partial charge in [0.1, 0.15) is 5.76 Å². The van der Waals surface area contributed by atoms with Crippen molar-refractivity contribution in [1.29, 1.82) is 5.26 Å². The Bertz CT molecular complexity index is 622. The second kappa shape index (κ2) is 6.57. The van der Waals surface area contributed by atoms with Gasteiger partial charge in [-0.3, -0.25) is 0 Å². The summed E-state index contributed by atoms with van der Waals surface area (Å²) in [6, 6.07) is 11.5. The van der Waals surface area contributed by atoms with Crippen LogP contribution < -0.4 is 0 Å². The molecule has 0 saturated carbocycles. The molecular formula is C17H17NO3. The van der Waals surface area contributed by atoms with Gasteiger partial charge in [-0.1, -0.05) is 6.07 Å². The van der Waals surface area contributed by atoms with Crippen molar-refractivity contribution in [2.45, 2.75) is 32.2 Å². The van der Waals surface area contributed by atoms with Crippen LogP contribution in [0.5, 0.6) is 0 Å². The predicted octanol–water partition coefficient (Wildman–Crippen LogP) is 3.86. The first kappa shape index (κ1) is 13.9. The van der Waals surface area contributed by atoms with E-state index in [1.165, 1.54) is 0 Å². The molecule has 0 radical (unpaired) electrons. The van der Waals surface area contributed by atoms with Crippen LogP contribution >= 0.6 is 0 Å². The van der Waals surface area contributed by atoms with E-state index in [1.54, 1.807) is 12.3 Å². The average Bonchev–Trinajstić information content (AvgIpc) is 3.08. The van der Waals surface area contributed by atoms with Crippen molar-refractivity contribution in [1.82, 2.24) is 0 Å². The zero-order valence-electron chi connectivity index (χ0n) is 11.7. The Kier molecular flexibility index (Phi) is 4.34. The highest BCUT2D eigenvalue weighted by molar-refractivity contribution is 5.66. The minimum atomic E-state index is -0.110. The molecule has 1 saturated heterocycles. The summed E-state index contributed by atoms with van der Waals surface area (Å²) in [5.41, 5.74) is 2.41. The van der Waals surface area contributed by atoms with Crippen LogP contribution in [-0.4, -0.2) is 12.9 Å². The molecule has 1 aromatic heterocycles. The van der Waals surface area contributed by atoms with Crippen LogP contribution in [0.4, 0.5) is 0 Å². The van der Waals surface area contributed by atoms with E-state index in [0.29, 0.717) is 17.9 Å². The Balaban J connectivity index is 1.74. The highest BCUT2D eigenvalue weighted by atomic mass is 16.7. The van der Waals surface area contributed by atoms with Crippen molar-refractivity contribution in [2.75, 3.05) is 6.61 Å². The summed E-state index contributed by atoms with van der Waals surface area (Å²) < 4.78 is 16.7. The number of ether oxygens (including phenoxy) is 2. The third-order valence-corrected chi connectivity index (χ3v) is 3.56. The summed E-state index contributed by atoms with van der Waals surface area (Å²) >= 11 is 0. The van der Waals surface area contributed by atoms with Crippen LogP contribution in [0, 0.1) is 11.3 Å². The summed E-state index contributed by atoms with van der Waals surface area (Å²) in [6.07, 6.45) is 4.70. The van der Waals surface area contributed by atoms with E-state index in [1.807, 2.05) is 24.3 Å². The van der Waals surface area contributed by atoms with Gasteiger partial charge in [-0.25, -0.2) is 0 Å². The molecule has 0 spiro atoms. The molecular weight excluding hydrogens is 266 g/mol. The Morgan fingerprint density at radius 2 is 2.24 bits per heavy atom. The van der Waals surface area contributed by atoms with Crippen LogP contribution in [0.15, 0.2) is 41.0 Å². The van der Waals surface area contributed by atoms with Gasteiger partial charge in [0, 0.05) is 12.2 Å². The van der Waals surface area contributed by atoms with Crippen LogP contribution in [0.1, 0.15) is 30.4 Å². The fourth-order valence-corrected chi connectivity index (χ4v) is 2.45. The van der Waals surface area contributed by atoms with Gasteiger partial charge in [-0.05, 0) is 49.1 Å². The summed E-state index contributed by atoms with van der Waals surface area (Å²) in [5.74, 6) is 0.697. The van der Waals surface area contributed by atoms with Crippen LogP contribution in [0.25, 0.3) is 11.3 Å². The second-order valence-corrected chi connectivity index (χ2v) is 5.08. The molecule has 2 heterocycles. The maximum absolute atomic E-state index is 9.20. The van der Waals surface area contributed by atoms with Crippen molar-refractivity contribution in [3.63, 3.8) is 0 Å². The molecule has 1 aliphatic rings. The van der Waals surface area contributed by atoms with E-state index in [9.17, 15) is 5.26 Å². The molecule has 21 heavy (non-hydrogen) atoms. The Labute approximate surface area is 123 Å². The van der Waals surface area contributed by atoms with Crippen molar-refractivity contribution in [2.24, 2.45) is 0 Å². The summed E-state index contributed by atoms with van der Waals surface area (Å²) in [4.78, 5) is 0. The molecule has 2 aromatic rings. The zero-order chi connectivity index (χ0) is 14.5. The fraction of sp³-hybridized carbons (Fsp3) is 0.353. The highest BCUT2D eigenvalue weighted by Crippen LogP contribution is 2.26. The summed E-state index contributed by atoms with van der Waals surface area (Å²) in [7, 11) is 0. The monoisotopic (exact) mass is 283 g/mol. The molecule has 1 fully saturated rings. The molecule has 0 amide bonds. The minimum absolute atomic E-state index is 0.110. The van der Waals surface area contributed by atoms with Gasteiger partial charge in [-0.15, -0.1) is 0 Å². The van der Waals surface area contributed by atoms with Gasteiger partial charge in [0.25, 0.3) is 0 Å². The lowest BCUT2D eigenvalue weighted by Crippen LogP contribution is -2.22. The van der Waals surface area contributed by atoms with Gasteiger partial charge >= 0.3 is 0 Å². The Hall–Kier alpha value is -2.09. The van der Waals surface area contributed by atoms with E-state index >= 15 is 0 Å². The molecule has 4 nitrogen and oxygen atoms in total. The number of nitrogens with zero attached hydrogens (tertiary/aromatic N) is 1. The number of furan rings is 1. The molecule has 1 atom stereocenters. The molecule has 1 aromatic carbocycles. The maximum Gasteiger partial charge on any atom is 0.158 e. The largest absolute Gasteiger partial charge is 0.464 e. The number of hydrogen-bond donors (Lipinski definition) is 0. The van der Waals surface area contributed by atoms with Crippen molar-refractivity contribution in [3.05, 3.63) is 47.7 Å². The van der Waals surface area contributed by atoms with Gasteiger partial charge in [0.2, 0.25) is 0 Å². The van der Waals surface area contributed by atoms with E-state index in [2.05, 4.69) is 6.07 Å². The van der Waals surface area contributed by atoms with Gasteiger partial charge in [-0.2, -0.15) is 5.26 Å². The molecule has 1 aliphatic heterocycles. The predicted molar refractivity (Wildman–Crippen MR) is 77.2 cm³/mol. The topological polar surface area (TPSA) is 55.4 Å². The average molecular weight is 283 g/mol. The smallest absolute Gasteiger partial charge is 0.158 e. The van der Waals surface area contributed by atoms with Gasteiger partial charge < -0.3 is 13.9 Å². The van der Waals surface area contributed by atoms with Crippen molar-refractivity contribution in [3.8, 4) is 17.4 Å². The second-order valence-electron chi connectivity index (χ2n) is 5.08. The molecule has 0 bridgehead atoms. The molecule has 108 valence electrons. The van der Waals surface area contributed by atoms with Crippen LogP contribution in [0.2, 0.25) is 0 Å².